The first-order chi connectivity index (χ1) is 10.7. The quantitative estimate of drug-likeness (QED) is 0.865. The Bertz CT molecular complexity index is 535. The van der Waals surface area contributed by atoms with E-state index in [0.29, 0.717) is 30.9 Å². The second-order valence-electron chi connectivity index (χ2n) is 6.03. The largest absolute Gasteiger partial charge is 0.486 e. The summed E-state index contributed by atoms with van der Waals surface area (Å²) in [6, 6.07) is 6.20. The lowest BCUT2D eigenvalue weighted by atomic mass is 9.86. The van der Waals surface area contributed by atoms with Gasteiger partial charge in [0.05, 0.1) is 5.75 Å². The van der Waals surface area contributed by atoms with Gasteiger partial charge in [0, 0.05) is 10.9 Å². The Morgan fingerprint density at radius 2 is 2.00 bits per heavy atom. The molecular weight excluding hydrogens is 298 g/mol. The minimum absolute atomic E-state index is 0.124. The lowest BCUT2D eigenvalue weighted by Gasteiger charge is -2.29. The van der Waals surface area contributed by atoms with E-state index in [2.05, 4.69) is 12.2 Å². The summed E-state index contributed by atoms with van der Waals surface area (Å²) in [6.07, 6.45) is 4.85. The van der Waals surface area contributed by atoms with Crippen molar-refractivity contribution in [3.05, 3.63) is 18.2 Å². The molecule has 0 unspecified atom stereocenters. The minimum atomic E-state index is 0.124. The zero-order valence-electron chi connectivity index (χ0n) is 13.0. The van der Waals surface area contributed by atoms with E-state index < -0.39 is 0 Å². The molecular formula is C17H23NO3S. The van der Waals surface area contributed by atoms with Crippen LogP contribution in [-0.4, -0.2) is 30.9 Å². The molecule has 0 spiro atoms. The number of nitrogens with one attached hydrogen (secondary N) is 1. The van der Waals surface area contributed by atoms with Crippen molar-refractivity contribution in [2.75, 3.05) is 19.0 Å². The summed E-state index contributed by atoms with van der Waals surface area (Å²) < 4.78 is 11.1. The molecule has 22 heavy (non-hydrogen) atoms. The summed E-state index contributed by atoms with van der Waals surface area (Å²) in [4.78, 5) is 13.2. The Hall–Kier alpha value is -1.36. The van der Waals surface area contributed by atoms with E-state index in [4.69, 9.17) is 9.47 Å². The smallest absolute Gasteiger partial charge is 0.230 e. The molecule has 1 aliphatic heterocycles. The van der Waals surface area contributed by atoms with Gasteiger partial charge in [-0.05, 0) is 37.0 Å². The van der Waals surface area contributed by atoms with Gasteiger partial charge >= 0.3 is 0 Å². The number of carbonyl (C=O) groups is 1. The number of fused-ring (bicyclic) bond motifs is 1. The molecule has 0 radical (unpaired) electrons. The summed E-state index contributed by atoms with van der Waals surface area (Å²) in [6.45, 7) is 3.42. The number of hydrogen-bond donors (Lipinski definition) is 1. The maximum atomic E-state index is 12.1. The number of amides is 1. The third kappa shape index (κ3) is 3.88. The van der Waals surface area contributed by atoms with Gasteiger partial charge in [-0.2, -0.15) is 0 Å². The topological polar surface area (TPSA) is 47.6 Å². The number of rotatable bonds is 4. The fourth-order valence-corrected chi connectivity index (χ4v) is 3.78. The second kappa shape index (κ2) is 7.27. The molecule has 1 aliphatic carbocycles. The lowest BCUT2D eigenvalue weighted by Crippen LogP contribution is -2.41. The lowest BCUT2D eigenvalue weighted by molar-refractivity contribution is -0.119. The summed E-state index contributed by atoms with van der Waals surface area (Å²) in [5, 5.41) is 3.19. The van der Waals surface area contributed by atoms with E-state index in [1.807, 2.05) is 18.2 Å². The molecule has 1 aromatic carbocycles. The molecule has 2 atom stereocenters. The van der Waals surface area contributed by atoms with E-state index in [1.165, 1.54) is 19.3 Å². The predicted molar refractivity (Wildman–Crippen MR) is 87.7 cm³/mol. The predicted octanol–water partition coefficient (Wildman–Crippen LogP) is 3.24. The molecule has 120 valence electrons. The normalized spacial score (nSPS) is 23.9. The molecule has 1 N–H and O–H groups in total. The first kappa shape index (κ1) is 15.5. The van der Waals surface area contributed by atoms with Crippen molar-refractivity contribution in [3.8, 4) is 11.5 Å². The zero-order chi connectivity index (χ0) is 15.4. The van der Waals surface area contributed by atoms with Crippen LogP contribution in [0.4, 0.5) is 0 Å². The summed E-state index contributed by atoms with van der Waals surface area (Å²) >= 11 is 1.54. The van der Waals surface area contributed by atoms with E-state index >= 15 is 0 Å². The van der Waals surface area contributed by atoms with Crippen LogP contribution >= 0.6 is 11.8 Å². The van der Waals surface area contributed by atoms with Crippen molar-refractivity contribution in [2.24, 2.45) is 5.92 Å². The third-order valence-electron chi connectivity index (χ3n) is 4.34. The van der Waals surface area contributed by atoms with E-state index in [0.717, 1.165) is 22.8 Å². The number of carbonyl (C=O) groups excluding carboxylic acids is 1. The highest BCUT2D eigenvalue weighted by atomic mass is 32.2. The van der Waals surface area contributed by atoms with Crippen LogP contribution in [0.3, 0.4) is 0 Å². The molecule has 3 rings (SSSR count). The van der Waals surface area contributed by atoms with Gasteiger partial charge < -0.3 is 14.8 Å². The molecule has 0 bridgehead atoms. The molecule has 0 aromatic heterocycles. The van der Waals surface area contributed by atoms with Gasteiger partial charge in [0.2, 0.25) is 5.91 Å². The van der Waals surface area contributed by atoms with Crippen LogP contribution < -0.4 is 14.8 Å². The SMILES string of the molecule is C[C@@H]1CCCC[C@@H]1NC(=O)CSc1ccc2c(c1)OCCO2. The monoisotopic (exact) mass is 321 g/mol. The highest BCUT2D eigenvalue weighted by molar-refractivity contribution is 8.00. The van der Waals surface area contributed by atoms with E-state index in [-0.39, 0.29) is 5.91 Å². The van der Waals surface area contributed by atoms with Crippen LogP contribution in [-0.2, 0) is 4.79 Å². The Morgan fingerprint density at radius 1 is 1.23 bits per heavy atom. The van der Waals surface area contributed by atoms with Crippen LogP contribution in [0, 0.1) is 5.92 Å². The second-order valence-corrected chi connectivity index (χ2v) is 7.08. The third-order valence-corrected chi connectivity index (χ3v) is 5.34. The van der Waals surface area contributed by atoms with Crippen LogP contribution in [0.15, 0.2) is 23.1 Å². The minimum Gasteiger partial charge on any atom is -0.486 e. The molecule has 1 amide bonds. The van der Waals surface area contributed by atoms with Gasteiger partial charge in [0.1, 0.15) is 13.2 Å². The number of benzene rings is 1. The molecule has 1 saturated carbocycles. The van der Waals surface area contributed by atoms with Crippen LogP contribution in [0.5, 0.6) is 11.5 Å². The Balaban J connectivity index is 1.50. The highest BCUT2D eigenvalue weighted by Crippen LogP contribution is 2.34. The molecule has 1 heterocycles. The van der Waals surface area contributed by atoms with Crippen LogP contribution in [0.1, 0.15) is 32.6 Å². The van der Waals surface area contributed by atoms with Crippen molar-refractivity contribution < 1.29 is 14.3 Å². The zero-order valence-corrected chi connectivity index (χ0v) is 13.8. The Labute approximate surface area is 135 Å². The average Bonchev–Trinajstić information content (AvgIpc) is 2.55. The molecule has 4 nitrogen and oxygen atoms in total. The molecule has 1 aromatic rings. The van der Waals surface area contributed by atoms with Crippen LogP contribution in [0.25, 0.3) is 0 Å². The maximum Gasteiger partial charge on any atom is 0.230 e. The highest BCUT2D eigenvalue weighted by Gasteiger charge is 2.22. The Kier molecular flexibility index (Phi) is 5.13. The molecule has 0 saturated heterocycles. The summed E-state index contributed by atoms with van der Waals surface area (Å²) in [5.41, 5.74) is 0. The van der Waals surface area contributed by atoms with Gasteiger partial charge in [0.25, 0.3) is 0 Å². The Morgan fingerprint density at radius 3 is 2.82 bits per heavy atom. The molecule has 2 aliphatic rings. The van der Waals surface area contributed by atoms with Gasteiger partial charge in [-0.15, -0.1) is 11.8 Å². The summed E-state index contributed by atoms with van der Waals surface area (Å²) in [5.74, 6) is 2.73. The van der Waals surface area contributed by atoms with E-state index in [9.17, 15) is 4.79 Å². The van der Waals surface area contributed by atoms with Gasteiger partial charge in [-0.1, -0.05) is 19.8 Å². The molecule has 1 fully saturated rings. The van der Waals surface area contributed by atoms with Gasteiger partial charge in [-0.3, -0.25) is 4.79 Å². The number of thioether (sulfide) groups is 1. The summed E-state index contributed by atoms with van der Waals surface area (Å²) in [7, 11) is 0. The van der Waals surface area contributed by atoms with Crippen molar-refractivity contribution in [2.45, 2.75) is 43.5 Å². The maximum absolute atomic E-state index is 12.1. The number of hydrogen-bond acceptors (Lipinski definition) is 4. The van der Waals surface area contributed by atoms with Crippen molar-refractivity contribution in [1.29, 1.82) is 0 Å². The average molecular weight is 321 g/mol. The van der Waals surface area contributed by atoms with Gasteiger partial charge in [-0.25, -0.2) is 0 Å². The fraction of sp³-hybridized carbons (Fsp3) is 0.588. The first-order valence-corrected chi connectivity index (χ1v) is 9.03. The van der Waals surface area contributed by atoms with E-state index in [1.54, 1.807) is 11.8 Å². The number of ether oxygens (including phenoxy) is 2. The van der Waals surface area contributed by atoms with Crippen LogP contribution in [0.2, 0.25) is 0 Å². The molecule has 5 heteroatoms. The van der Waals surface area contributed by atoms with Crippen molar-refractivity contribution in [3.63, 3.8) is 0 Å². The fourth-order valence-electron chi connectivity index (χ4n) is 3.04. The van der Waals surface area contributed by atoms with Crippen molar-refractivity contribution >= 4 is 17.7 Å². The van der Waals surface area contributed by atoms with Crippen molar-refractivity contribution in [1.82, 2.24) is 5.32 Å². The first-order valence-electron chi connectivity index (χ1n) is 8.04. The van der Waals surface area contributed by atoms with Gasteiger partial charge in [0.15, 0.2) is 11.5 Å². The standard InChI is InChI=1S/C17H23NO3S/c1-12-4-2-3-5-14(12)18-17(19)11-22-13-6-7-15-16(10-13)21-9-8-20-15/h6-7,10,12,14H,2-5,8-9,11H2,1H3,(H,18,19)/t12-,14+/m1/s1.